The summed E-state index contributed by atoms with van der Waals surface area (Å²) in [5.41, 5.74) is 17.9. The Hall–Kier alpha value is -12.8. The van der Waals surface area contributed by atoms with Crippen LogP contribution in [0.3, 0.4) is 0 Å². The van der Waals surface area contributed by atoms with Gasteiger partial charge in [0.15, 0.2) is 11.3 Å². The first-order valence-electron chi connectivity index (χ1n) is 40.9. The van der Waals surface area contributed by atoms with Gasteiger partial charge in [-0.3, -0.25) is 4.98 Å². The van der Waals surface area contributed by atoms with E-state index in [2.05, 4.69) is 257 Å². The maximum atomic E-state index is 6.51. The molecule has 0 spiro atoms. The Labute approximate surface area is 774 Å². The number of para-hydroxylation sites is 1. The van der Waals surface area contributed by atoms with Gasteiger partial charge in [0.2, 0.25) is 0 Å². The number of pyridine rings is 9. The number of imidazole rings is 3. The first kappa shape index (κ1) is 86.7. The van der Waals surface area contributed by atoms with E-state index in [0.717, 1.165) is 139 Å². The molecule has 0 aliphatic carbocycles. The third kappa shape index (κ3) is 16.9. The van der Waals surface area contributed by atoms with Gasteiger partial charge >= 0.3 is 0 Å². The predicted molar refractivity (Wildman–Crippen MR) is 482 cm³/mol. The van der Waals surface area contributed by atoms with E-state index < -0.39 is 0 Å². The molecule has 18 nitrogen and oxygen atoms in total. The summed E-state index contributed by atoms with van der Waals surface area (Å²) in [6.45, 7) is 26.4. The minimum atomic E-state index is -0.114. The summed E-state index contributed by atoms with van der Waals surface area (Å²) in [6, 6.07) is 91.7. The minimum absolute atomic E-state index is 0. The zero-order valence-electron chi connectivity index (χ0n) is 71.8. The molecule has 0 amide bonds. The Bertz CT molecular complexity index is 7350. The molecule has 0 fully saturated rings. The molecule has 15 heterocycles. The van der Waals surface area contributed by atoms with Crippen molar-refractivity contribution in [2.45, 2.75) is 105 Å². The van der Waals surface area contributed by atoms with E-state index in [9.17, 15) is 0 Å². The number of benzene rings is 6. The van der Waals surface area contributed by atoms with Gasteiger partial charge in [-0.05, 0) is 122 Å². The second-order valence-electron chi connectivity index (χ2n) is 34.8. The molecule has 126 heavy (non-hydrogen) atoms. The molecule has 0 aliphatic heterocycles. The van der Waals surface area contributed by atoms with Crippen LogP contribution < -0.4 is 23.0 Å². The number of aromatic nitrogens is 15. The fourth-order valence-corrected chi connectivity index (χ4v) is 15.6. The van der Waals surface area contributed by atoms with Gasteiger partial charge in [-0.1, -0.05) is 196 Å². The van der Waals surface area contributed by atoms with Crippen molar-refractivity contribution in [3.05, 3.63) is 345 Å². The van der Waals surface area contributed by atoms with Crippen LogP contribution in [0.2, 0.25) is 0 Å². The van der Waals surface area contributed by atoms with Crippen molar-refractivity contribution in [3.8, 4) is 85.9 Å². The summed E-state index contributed by atoms with van der Waals surface area (Å²) < 4.78 is 35.4. The molecule has 15 aromatic heterocycles. The Morgan fingerprint density at radius 3 is 1.32 bits per heavy atom. The van der Waals surface area contributed by atoms with Crippen LogP contribution in [0.5, 0.6) is 34.6 Å². The first-order chi connectivity index (χ1) is 59.3. The molecular weight excluding hydrogens is 2100 g/mol. The number of nitrogens with zero attached hydrogens (tertiary/aromatic N) is 15. The van der Waals surface area contributed by atoms with Crippen molar-refractivity contribution in [2.75, 3.05) is 0 Å². The molecule has 6 aromatic carbocycles. The molecule has 21 aromatic rings. The summed E-state index contributed by atoms with van der Waals surface area (Å²) >= 11 is 0. The Morgan fingerprint density at radius 1 is 0.341 bits per heavy atom. The quantitative estimate of drug-likeness (QED) is 0.0852. The van der Waals surface area contributed by atoms with E-state index in [1.165, 1.54) is 16.7 Å². The van der Waals surface area contributed by atoms with Crippen molar-refractivity contribution in [2.24, 2.45) is 14.1 Å². The fourth-order valence-electron chi connectivity index (χ4n) is 15.6. The van der Waals surface area contributed by atoms with Gasteiger partial charge in [0.25, 0.3) is 0 Å². The van der Waals surface area contributed by atoms with E-state index >= 15 is 0 Å². The number of hydrogen-bond donors (Lipinski definition) is 0. The molecule has 0 aliphatic rings. The van der Waals surface area contributed by atoms with Crippen LogP contribution in [-0.4, -0.2) is 62.1 Å². The summed E-state index contributed by atoms with van der Waals surface area (Å²) in [5.74, 6) is 5.73. The molecule has 21 rings (SSSR count). The van der Waals surface area contributed by atoms with E-state index in [0.29, 0.717) is 34.6 Å². The topological polar surface area (TPSA) is 155 Å². The Kier molecular flexibility index (Phi) is 23.8. The average molecular weight is 2190 g/mol. The summed E-state index contributed by atoms with van der Waals surface area (Å²) in [4.78, 5) is 33.1. The minimum Gasteiger partial charge on any atom is -0.504 e. The zero-order chi connectivity index (χ0) is 84.8. The smallest absolute Gasteiger partial charge is 0.196 e. The van der Waals surface area contributed by atoms with Crippen molar-refractivity contribution in [1.29, 1.82) is 0 Å². The normalized spacial score (nSPS) is 11.9. The van der Waals surface area contributed by atoms with Crippen molar-refractivity contribution >= 4 is 82.6 Å². The second kappa shape index (κ2) is 34.6. The van der Waals surface area contributed by atoms with Crippen molar-refractivity contribution in [1.82, 2.24) is 62.1 Å². The second-order valence-corrected chi connectivity index (χ2v) is 34.8. The SMILES string of the molecule is CC(C)(C)c1cc(Oc2[c-]c3c(cc2)c2cccnc2n3-c2cc(C(C)(C)C)ccn2)[c-]c(-c2[c-]n3ccccc3n2)c1.Cn1c(-c2[c-]c(Oc3[c-]c4c(cc3)c3cccnc3n4-c3cc(C(C)(C)C)ccn3)ccc2)[c-][n+]2ccccc12.Cn1c(-c2[c-]c(Oc3[c-]c4c(cn3)c3ccccc3n4-c3cc(C(C)(C)C)ccn3)ccc2)[c-][n+]2ccccc12.[Pt].[Pt].[Pt]. The Balaban J connectivity index is 0.000000138. The summed E-state index contributed by atoms with van der Waals surface area (Å²) in [5, 5.41) is 6.23. The van der Waals surface area contributed by atoms with Crippen LogP contribution >= 0.6 is 0 Å². The fraction of sp³-hybridized carbons (Fsp3) is 0.171. The van der Waals surface area contributed by atoms with Crippen LogP contribution in [0.15, 0.2) is 268 Å². The number of aryl methyl sites for hydroxylation is 2. The van der Waals surface area contributed by atoms with Gasteiger partial charge in [-0.2, -0.15) is 65.2 Å². The standard InChI is InChI=1S/C37H32N5O.2C34H27N5O.3Pt/c1-36(2,3)25-14-16-38-34(21-25)42-32-22-27(12-13-29(32)30-10-9-15-39-35(30)42)43-28-19-24(18-26(20-28)37(4,5)6)31-23-41-17-8-7-11-33(41)40-31;1-34(2,3)24-15-17-35-31(20-24)39-29-21-26(13-14-27(29)28-11-8-16-36-33(28)39)40-25-10-7-9-23(19-25)30-22-38-18-6-5-12-32(38)37(30)4;1-34(2,3)24-15-16-35-31(19-24)39-28-13-6-5-12-26(28)27-21-36-32(20-29(27)39)40-25-11-9-10-23(18-25)30-22-38-17-8-7-14-33(38)37(30)4;;;/h7-18,20-21H,1-6H3;5-18,20H,1-4H3;5-17,19,21H,1-4H3;;;/q-3;2*-2;;;. The number of fused-ring (bicyclic) bond motifs is 12. The van der Waals surface area contributed by atoms with Gasteiger partial charge in [0.05, 0.1) is 14.1 Å². The third-order valence-corrected chi connectivity index (χ3v) is 22.2. The molecule has 636 valence electrons. The molecule has 0 saturated heterocycles. The van der Waals surface area contributed by atoms with Crippen molar-refractivity contribution in [3.63, 3.8) is 0 Å². The summed E-state index contributed by atoms with van der Waals surface area (Å²) in [6.07, 6.45) is 27.2. The van der Waals surface area contributed by atoms with Gasteiger partial charge in [-0.25, -0.2) is 24.9 Å². The number of hydrogen-bond acceptors (Lipinski definition) is 10. The molecule has 0 radical (unpaired) electrons. The van der Waals surface area contributed by atoms with Gasteiger partial charge < -0.3 is 55.2 Å². The molecular formula is C105H86N15O3Pt3-7. The third-order valence-electron chi connectivity index (χ3n) is 22.2. The van der Waals surface area contributed by atoms with Crippen LogP contribution in [0.25, 0.3) is 134 Å². The maximum Gasteiger partial charge on any atom is 0.196 e. The number of ether oxygens (including phenoxy) is 3. The van der Waals surface area contributed by atoms with E-state index in [1.807, 2.05) is 204 Å². The van der Waals surface area contributed by atoms with Crippen LogP contribution in [0, 0.1) is 55.0 Å². The van der Waals surface area contributed by atoms with Gasteiger partial charge in [0, 0.05) is 170 Å². The Morgan fingerprint density at radius 2 is 0.802 bits per heavy atom. The van der Waals surface area contributed by atoms with E-state index in [1.54, 1.807) is 0 Å². The molecule has 0 unspecified atom stereocenters. The van der Waals surface area contributed by atoms with Crippen molar-refractivity contribution < 1.29 is 86.2 Å². The van der Waals surface area contributed by atoms with E-state index in [-0.39, 0.29) is 84.9 Å². The number of rotatable bonds is 12. The van der Waals surface area contributed by atoms with Crippen LogP contribution in [0.1, 0.15) is 105 Å². The predicted octanol–water partition coefficient (Wildman–Crippen LogP) is 22.3. The summed E-state index contributed by atoms with van der Waals surface area (Å²) in [7, 11) is 4.05. The molecule has 0 atom stereocenters. The van der Waals surface area contributed by atoms with Gasteiger partial charge in [0.1, 0.15) is 34.6 Å². The van der Waals surface area contributed by atoms with Crippen LogP contribution in [0.4, 0.5) is 0 Å². The zero-order valence-corrected chi connectivity index (χ0v) is 78.6. The van der Waals surface area contributed by atoms with Gasteiger partial charge in [-0.15, -0.1) is 81.8 Å². The monoisotopic (exact) mass is 2190 g/mol. The van der Waals surface area contributed by atoms with Crippen LogP contribution in [-0.2, 0) is 99.0 Å². The largest absolute Gasteiger partial charge is 0.504 e. The average Bonchev–Trinajstić information content (AvgIpc) is 1.61. The molecule has 0 saturated carbocycles. The first-order valence-corrected chi connectivity index (χ1v) is 40.9. The molecule has 21 heteroatoms. The van der Waals surface area contributed by atoms with E-state index in [4.69, 9.17) is 44.1 Å². The maximum absolute atomic E-state index is 6.51. The molecule has 0 N–H and O–H groups in total. The molecule has 0 bridgehead atoms.